The molecule has 0 radical (unpaired) electrons. The molecule has 20 heavy (non-hydrogen) atoms. The van der Waals surface area contributed by atoms with E-state index in [1.165, 1.54) is 0 Å². The molecule has 0 aliphatic carbocycles. The van der Waals surface area contributed by atoms with Crippen LogP contribution in [0.25, 0.3) is 0 Å². The third-order valence-corrected chi connectivity index (χ3v) is 4.72. The van der Waals surface area contributed by atoms with Gasteiger partial charge < -0.3 is 14.9 Å². The quantitative estimate of drug-likeness (QED) is 0.803. The fraction of sp³-hybridized carbons (Fsp3) is 0.867. The van der Waals surface area contributed by atoms with Crippen molar-refractivity contribution >= 4 is 12.0 Å². The number of carbonyl (C=O) groups is 2. The Hall–Kier alpha value is -1.26. The number of carboxylic acids is 1. The smallest absolute Gasteiger partial charge is 0.326 e. The summed E-state index contributed by atoms with van der Waals surface area (Å²) in [4.78, 5) is 27.6. The molecule has 3 atom stereocenters. The number of nitrogens with zero attached hydrogens (tertiary/aromatic N) is 2. The van der Waals surface area contributed by atoms with Gasteiger partial charge in [0, 0.05) is 19.6 Å². The largest absolute Gasteiger partial charge is 0.480 e. The Morgan fingerprint density at radius 2 is 1.70 bits per heavy atom. The number of likely N-dealkylation sites (tertiary alicyclic amines) is 2. The lowest BCUT2D eigenvalue weighted by molar-refractivity contribution is -0.145. The molecule has 0 aromatic carbocycles. The van der Waals surface area contributed by atoms with Gasteiger partial charge in [-0.1, -0.05) is 13.8 Å². The average molecular weight is 282 g/mol. The molecule has 5 nitrogen and oxygen atoms in total. The molecular weight excluding hydrogens is 256 g/mol. The van der Waals surface area contributed by atoms with Gasteiger partial charge in [-0.2, -0.15) is 0 Å². The predicted molar refractivity (Wildman–Crippen MR) is 76.5 cm³/mol. The number of rotatable bonds is 1. The summed E-state index contributed by atoms with van der Waals surface area (Å²) in [5.74, 6) is -0.173. The molecule has 2 amide bonds. The van der Waals surface area contributed by atoms with Gasteiger partial charge in [0.15, 0.2) is 0 Å². The topological polar surface area (TPSA) is 60.9 Å². The Kier molecular flexibility index (Phi) is 4.89. The predicted octanol–water partition coefficient (Wildman–Crippen LogP) is 2.41. The summed E-state index contributed by atoms with van der Waals surface area (Å²) >= 11 is 0. The van der Waals surface area contributed by atoms with Gasteiger partial charge in [0.1, 0.15) is 6.04 Å². The van der Waals surface area contributed by atoms with Crippen molar-refractivity contribution in [2.45, 2.75) is 52.0 Å². The van der Waals surface area contributed by atoms with Crippen molar-refractivity contribution in [2.75, 3.05) is 19.6 Å². The molecule has 1 N–H and O–H groups in total. The standard InChI is InChI=1S/C15H26N2O3/c1-11-5-3-8-16(10-7-11)15(20)17-9-4-6-12(2)13(17)14(18)19/h11-13H,3-10H2,1-2H3,(H,18,19). The fourth-order valence-electron chi connectivity index (χ4n) is 3.41. The van der Waals surface area contributed by atoms with Crippen LogP contribution in [0.5, 0.6) is 0 Å². The molecule has 0 spiro atoms. The van der Waals surface area contributed by atoms with Crippen molar-refractivity contribution in [1.29, 1.82) is 0 Å². The summed E-state index contributed by atoms with van der Waals surface area (Å²) < 4.78 is 0. The summed E-state index contributed by atoms with van der Waals surface area (Å²) in [6, 6.07) is -0.727. The number of carboxylic acid groups (broad SMARTS) is 1. The Labute approximate surface area is 120 Å². The van der Waals surface area contributed by atoms with E-state index in [0.717, 1.165) is 45.2 Å². The van der Waals surface area contributed by atoms with Gasteiger partial charge in [0.05, 0.1) is 0 Å². The Balaban J connectivity index is 2.07. The van der Waals surface area contributed by atoms with Gasteiger partial charge >= 0.3 is 12.0 Å². The molecule has 0 aromatic rings. The van der Waals surface area contributed by atoms with E-state index < -0.39 is 12.0 Å². The summed E-state index contributed by atoms with van der Waals surface area (Å²) in [6.45, 7) is 6.25. The lowest BCUT2D eigenvalue weighted by atomic mass is 9.91. The summed E-state index contributed by atoms with van der Waals surface area (Å²) in [7, 11) is 0. The van der Waals surface area contributed by atoms with E-state index in [1.54, 1.807) is 4.90 Å². The second kappa shape index (κ2) is 6.46. The molecule has 2 aliphatic heterocycles. The molecular formula is C15H26N2O3. The molecule has 2 aliphatic rings. The van der Waals surface area contributed by atoms with E-state index in [1.807, 2.05) is 11.8 Å². The molecule has 2 saturated heterocycles. The lowest BCUT2D eigenvalue weighted by Crippen LogP contribution is -2.56. The molecule has 2 fully saturated rings. The molecule has 3 unspecified atom stereocenters. The molecule has 2 rings (SSSR count). The molecule has 0 bridgehead atoms. The summed E-state index contributed by atoms with van der Waals surface area (Å²) in [6.07, 6.45) is 4.99. The van der Waals surface area contributed by atoms with Gasteiger partial charge in [0.25, 0.3) is 0 Å². The van der Waals surface area contributed by atoms with Crippen LogP contribution in [0.2, 0.25) is 0 Å². The van der Waals surface area contributed by atoms with Crippen LogP contribution in [0.15, 0.2) is 0 Å². The van der Waals surface area contributed by atoms with Crippen LogP contribution in [-0.4, -0.2) is 52.6 Å². The van der Waals surface area contributed by atoms with E-state index in [2.05, 4.69) is 6.92 Å². The second-order valence-corrected chi connectivity index (χ2v) is 6.40. The van der Waals surface area contributed by atoms with Crippen molar-refractivity contribution in [1.82, 2.24) is 9.80 Å². The highest BCUT2D eigenvalue weighted by Gasteiger charge is 2.38. The van der Waals surface area contributed by atoms with Crippen molar-refractivity contribution < 1.29 is 14.7 Å². The zero-order valence-electron chi connectivity index (χ0n) is 12.5. The monoisotopic (exact) mass is 282 g/mol. The normalized spacial score (nSPS) is 31.8. The van der Waals surface area contributed by atoms with Crippen molar-refractivity contribution in [3.05, 3.63) is 0 Å². The fourth-order valence-corrected chi connectivity index (χ4v) is 3.41. The summed E-state index contributed by atoms with van der Waals surface area (Å²) in [5.41, 5.74) is 0. The third kappa shape index (κ3) is 3.25. The third-order valence-electron chi connectivity index (χ3n) is 4.72. The van der Waals surface area contributed by atoms with Crippen molar-refractivity contribution in [2.24, 2.45) is 11.8 Å². The van der Waals surface area contributed by atoms with Crippen LogP contribution in [0, 0.1) is 11.8 Å². The second-order valence-electron chi connectivity index (χ2n) is 6.40. The minimum absolute atomic E-state index is 0.0381. The Morgan fingerprint density at radius 3 is 2.40 bits per heavy atom. The molecule has 0 aromatic heterocycles. The van der Waals surface area contributed by atoms with Crippen LogP contribution in [0.1, 0.15) is 46.0 Å². The maximum Gasteiger partial charge on any atom is 0.326 e. The molecule has 0 saturated carbocycles. The maximum atomic E-state index is 12.7. The number of hydrogen-bond donors (Lipinski definition) is 1. The first-order valence-electron chi connectivity index (χ1n) is 7.79. The van der Waals surface area contributed by atoms with Gasteiger partial charge in [-0.25, -0.2) is 9.59 Å². The van der Waals surface area contributed by atoms with Crippen LogP contribution < -0.4 is 0 Å². The highest BCUT2D eigenvalue weighted by molar-refractivity contribution is 5.83. The first-order valence-corrected chi connectivity index (χ1v) is 7.79. The van der Waals surface area contributed by atoms with Crippen molar-refractivity contribution in [3.8, 4) is 0 Å². The molecule has 114 valence electrons. The van der Waals surface area contributed by atoms with Gasteiger partial charge in [-0.15, -0.1) is 0 Å². The van der Waals surface area contributed by atoms with Crippen LogP contribution in [0.4, 0.5) is 4.79 Å². The zero-order chi connectivity index (χ0) is 14.7. The highest BCUT2D eigenvalue weighted by Crippen LogP contribution is 2.26. The van der Waals surface area contributed by atoms with Gasteiger partial charge in [-0.05, 0) is 43.9 Å². The minimum Gasteiger partial charge on any atom is -0.480 e. The van der Waals surface area contributed by atoms with Crippen LogP contribution in [-0.2, 0) is 4.79 Å². The Morgan fingerprint density at radius 1 is 1.00 bits per heavy atom. The van der Waals surface area contributed by atoms with Gasteiger partial charge in [-0.3, -0.25) is 0 Å². The van der Waals surface area contributed by atoms with E-state index in [9.17, 15) is 14.7 Å². The summed E-state index contributed by atoms with van der Waals surface area (Å²) in [5, 5.41) is 9.41. The Bertz CT molecular complexity index is 372. The lowest BCUT2D eigenvalue weighted by Gasteiger charge is -2.39. The number of amides is 2. The number of carbonyl (C=O) groups excluding carboxylic acids is 1. The van der Waals surface area contributed by atoms with E-state index in [0.29, 0.717) is 12.5 Å². The highest BCUT2D eigenvalue weighted by atomic mass is 16.4. The zero-order valence-corrected chi connectivity index (χ0v) is 12.5. The SMILES string of the molecule is CC1CCCN(C(=O)N2CCCC(C)C2C(=O)O)CC1. The number of aliphatic carboxylic acids is 1. The number of urea groups is 1. The van der Waals surface area contributed by atoms with Gasteiger partial charge in [0.2, 0.25) is 0 Å². The minimum atomic E-state index is -0.867. The first kappa shape index (κ1) is 15.1. The maximum absolute atomic E-state index is 12.7. The first-order chi connectivity index (χ1) is 9.50. The van der Waals surface area contributed by atoms with Crippen LogP contribution in [0.3, 0.4) is 0 Å². The average Bonchev–Trinajstić information content (AvgIpc) is 2.62. The van der Waals surface area contributed by atoms with E-state index >= 15 is 0 Å². The van der Waals surface area contributed by atoms with E-state index in [-0.39, 0.29) is 11.9 Å². The number of piperidine rings is 1. The van der Waals surface area contributed by atoms with Crippen molar-refractivity contribution in [3.63, 3.8) is 0 Å². The molecule has 5 heteroatoms. The van der Waals surface area contributed by atoms with Crippen LogP contribution >= 0.6 is 0 Å². The van der Waals surface area contributed by atoms with E-state index in [4.69, 9.17) is 0 Å². The molecule has 2 heterocycles. The number of hydrogen-bond acceptors (Lipinski definition) is 2.